The smallest absolute Gasteiger partial charge is 0.361 e. The van der Waals surface area contributed by atoms with Crippen LogP contribution in [-0.2, 0) is 11.0 Å². The van der Waals surface area contributed by atoms with Crippen molar-refractivity contribution in [3.63, 3.8) is 0 Å². The number of rotatable bonds is 4. The maximum atomic E-state index is 14.1. The number of alkyl halides is 3. The summed E-state index contributed by atoms with van der Waals surface area (Å²) in [5.74, 6) is 0.216. The molecule has 37 heavy (non-hydrogen) atoms. The van der Waals surface area contributed by atoms with Gasteiger partial charge in [-0.25, -0.2) is 0 Å². The molecule has 1 aliphatic heterocycles. The van der Waals surface area contributed by atoms with Crippen LogP contribution < -0.4 is 5.32 Å². The van der Waals surface area contributed by atoms with E-state index in [1.165, 1.54) is 12.1 Å². The molecule has 1 aromatic carbocycles. The minimum Gasteiger partial charge on any atom is -0.361 e. The number of benzene rings is 1. The molecule has 200 valence electrons. The van der Waals surface area contributed by atoms with E-state index in [-0.39, 0.29) is 40.3 Å². The first-order chi connectivity index (χ1) is 17.8. The Kier molecular flexibility index (Phi) is 7.14. The zero-order valence-electron chi connectivity index (χ0n) is 22.0. The van der Waals surface area contributed by atoms with Crippen molar-refractivity contribution in [1.82, 2.24) is 5.32 Å². The first kappa shape index (κ1) is 26.2. The second-order valence-corrected chi connectivity index (χ2v) is 11.5. The monoisotopic (exact) mass is 513 g/mol. The minimum atomic E-state index is -4.44. The number of Topliss-reactive ketones (excluding diaryl/α,β-unsaturated/α-hetero) is 2. The Balaban J connectivity index is 0.00000137. The van der Waals surface area contributed by atoms with Crippen LogP contribution in [0.3, 0.4) is 0 Å². The summed E-state index contributed by atoms with van der Waals surface area (Å²) >= 11 is 0. The van der Waals surface area contributed by atoms with Gasteiger partial charge in [0, 0.05) is 40.4 Å². The van der Waals surface area contributed by atoms with Crippen LogP contribution >= 0.6 is 0 Å². The van der Waals surface area contributed by atoms with E-state index in [0.717, 1.165) is 99.7 Å². The largest absolute Gasteiger partial charge is 0.416 e. The van der Waals surface area contributed by atoms with Crippen molar-refractivity contribution < 1.29 is 22.8 Å². The highest BCUT2D eigenvalue weighted by atomic mass is 19.4. The van der Waals surface area contributed by atoms with Crippen LogP contribution in [-0.4, -0.2) is 11.6 Å². The summed E-state index contributed by atoms with van der Waals surface area (Å²) in [6.07, 6.45) is 7.58. The van der Waals surface area contributed by atoms with Crippen molar-refractivity contribution >= 4 is 11.6 Å². The Bertz CT molecular complexity index is 1110. The van der Waals surface area contributed by atoms with Gasteiger partial charge in [0.15, 0.2) is 11.6 Å². The van der Waals surface area contributed by atoms with E-state index in [0.29, 0.717) is 12.0 Å². The first-order valence-electron chi connectivity index (χ1n) is 14.3. The molecule has 3 nitrogen and oxygen atoms in total. The van der Waals surface area contributed by atoms with Crippen LogP contribution in [0.15, 0.2) is 46.8 Å². The van der Waals surface area contributed by atoms with Crippen molar-refractivity contribution in [1.29, 1.82) is 0 Å². The fraction of sp³-hybridized carbons (Fsp3) is 0.613. The van der Waals surface area contributed by atoms with Crippen molar-refractivity contribution in [2.24, 2.45) is 23.2 Å². The minimum absolute atomic E-state index is 0.110. The van der Waals surface area contributed by atoms with Crippen molar-refractivity contribution in [3.8, 4) is 0 Å². The summed E-state index contributed by atoms with van der Waals surface area (Å²) in [6, 6.07) is 4.61. The zero-order valence-corrected chi connectivity index (χ0v) is 22.0. The van der Waals surface area contributed by atoms with E-state index in [4.69, 9.17) is 0 Å². The average Bonchev–Trinajstić information content (AvgIpc) is 3.29. The molecule has 0 saturated heterocycles. The van der Waals surface area contributed by atoms with Crippen LogP contribution in [0.4, 0.5) is 13.2 Å². The van der Waals surface area contributed by atoms with Gasteiger partial charge in [-0.15, -0.1) is 0 Å². The molecule has 3 fully saturated rings. The number of carbonyl (C=O) groups is 2. The molecule has 1 N–H and O–H groups in total. The van der Waals surface area contributed by atoms with Gasteiger partial charge >= 0.3 is 6.18 Å². The molecule has 1 spiro atoms. The summed E-state index contributed by atoms with van der Waals surface area (Å²) in [5.41, 5.74) is 3.12. The number of halogens is 3. The van der Waals surface area contributed by atoms with Crippen molar-refractivity contribution in [2.75, 3.05) is 0 Å². The molecule has 4 aliphatic carbocycles. The molecule has 6 rings (SSSR count). The molecule has 1 heterocycles. The molecule has 0 bridgehead atoms. The molecule has 6 heteroatoms. The van der Waals surface area contributed by atoms with Gasteiger partial charge in [0.05, 0.1) is 5.56 Å². The quantitative estimate of drug-likeness (QED) is 0.413. The summed E-state index contributed by atoms with van der Waals surface area (Å²) < 4.78 is 39.5. The number of allylic oxidation sites excluding steroid dienone is 4. The molecule has 1 unspecified atom stereocenters. The van der Waals surface area contributed by atoms with Gasteiger partial charge in [-0.3, -0.25) is 9.59 Å². The van der Waals surface area contributed by atoms with Crippen LogP contribution in [0, 0.1) is 23.2 Å². The third-order valence-electron chi connectivity index (χ3n) is 9.22. The molecule has 0 aromatic heterocycles. The number of dihydropyridines is 1. The lowest BCUT2D eigenvalue weighted by molar-refractivity contribution is -0.137. The maximum absolute atomic E-state index is 14.1. The molecule has 0 radical (unpaired) electrons. The lowest BCUT2D eigenvalue weighted by Gasteiger charge is -2.41. The van der Waals surface area contributed by atoms with Crippen LogP contribution in [0.2, 0.25) is 0 Å². The number of hydrogen-bond donors (Lipinski definition) is 1. The second-order valence-electron chi connectivity index (χ2n) is 11.5. The number of nitrogens with one attached hydrogen (secondary N) is 1. The number of hydrogen-bond acceptors (Lipinski definition) is 3. The van der Waals surface area contributed by atoms with Gasteiger partial charge in [0.1, 0.15) is 0 Å². The zero-order chi connectivity index (χ0) is 26.4. The topological polar surface area (TPSA) is 46.2 Å². The Morgan fingerprint density at radius 3 is 2.08 bits per heavy atom. The molecule has 3 saturated carbocycles. The fourth-order valence-electron chi connectivity index (χ4n) is 7.21. The molecule has 0 amide bonds. The molecule has 1 atom stereocenters. The Morgan fingerprint density at radius 1 is 0.919 bits per heavy atom. The summed E-state index contributed by atoms with van der Waals surface area (Å²) in [5, 5.41) is 3.65. The Hall–Kier alpha value is -2.37. The maximum Gasteiger partial charge on any atom is 0.416 e. The van der Waals surface area contributed by atoms with Crippen LogP contribution in [0.5, 0.6) is 0 Å². The van der Waals surface area contributed by atoms with Crippen molar-refractivity contribution in [3.05, 3.63) is 57.9 Å². The summed E-state index contributed by atoms with van der Waals surface area (Å²) in [6.45, 7) is 4.00. The summed E-state index contributed by atoms with van der Waals surface area (Å²) in [4.78, 5) is 27.7. The summed E-state index contributed by atoms with van der Waals surface area (Å²) in [7, 11) is 0. The van der Waals surface area contributed by atoms with E-state index in [9.17, 15) is 22.8 Å². The van der Waals surface area contributed by atoms with Crippen LogP contribution in [0.25, 0.3) is 0 Å². The average molecular weight is 514 g/mol. The van der Waals surface area contributed by atoms with E-state index in [2.05, 4.69) is 5.32 Å². The Morgan fingerprint density at radius 2 is 1.51 bits per heavy atom. The highest BCUT2D eigenvalue weighted by Crippen LogP contribution is 2.59. The van der Waals surface area contributed by atoms with E-state index >= 15 is 0 Å². The fourth-order valence-corrected chi connectivity index (χ4v) is 7.21. The van der Waals surface area contributed by atoms with Gasteiger partial charge in [-0.05, 0) is 74.3 Å². The standard InChI is InChI=1S/C29H32F3NO2.C2H6/c30-29(31,32)20-11-9-19(10-12-20)27(35)25-23(17-5-1-2-6-17)24-21(15-28(13-14-28)16-22(24)34)33-26(25)18-7-3-4-8-18;1-2/h9-12,17-18,23,33H,1-8,13-16H2;1-2H3. The highest BCUT2D eigenvalue weighted by Gasteiger charge is 2.53. The van der Waals surface area contributed by atoms with Gasteiger partial charge in [0.2, 0.25) is 0 Å². The van der Waals surface area contributed by atoms with Crippen LogP contribution in [0.1, 0.15) is 107 Å². The van der Waals surface area contributed by atoms with Gasteiger partial charge < -0.3 is 5.32 Å². The molecule has 5 aliphatic rings. The lowest BCUT2D eigenvalue weighted by atomic mass is 9.67. The highest BCUT2D eigenvalue weighted by molar-refractivity contribution is 6.12. The normalized spacial score (nSPS) is 25.6. The molecular weight excluding hydrogens is 475 g/mol. The van der Waals surface area contributed by atoms with Gasteiger partial charge in [0.25, 0.3) is 0 Å². The van der Waals surface area contributed by atoms with E-state index < -0.39 is 11.7 Å². The molecule has 1 aromatic rings. The van der Waals surface area contributed by atoms with Crippen molar-refractivity contribution in [2.45, 2.75) is 97.1 Å². The third kappa shape index (κ3) is 4.93. The first-order valence-corrected chi connectivity index (χ1v) is 14.3. The predicted molar refractivity (Wildman–Crippen MR) is 138 cm³/mol. The van der Waals surface area contributed by atoms with Gasteiger partial charge in [-0.1, -0.05) is 51.7 Å². The lowest BCUT2D eigenvalue weighted by Crippen LogP contribution is -2.41. The number of ketones is 2. The third-order valence-corrected chi connectivity index (χ3v) is 9.22. The van der Waals surface area contributed by atoms with E-state index in [1.807, 2.05) is 13.8 Å². The Labute approximate surface area is 218 Å². The van der Waals surface area contributed by atoms with Gasteiger partial charge in [-0.2, -0.15) is 13.2 Å². The predicted octanol–water partition coefficient (Wildman–Crippen LogP) is 8.17. The van der Waals surface area contributed by atoms with E-state index in [1.54, 1.807) is 0 Å². The SMILES string of the molecule is CC.O=C1CC2(CC2)CC2=C1C(C1CCCC1)C(C(=O)c1ccc(C(F)(F)F)cc1)=C(C1CCCC1)N2. The molecular formula is C31H38F3NO2. The second kappa shape index (κ2) is 10.1. The number of carbonyl (C=O) groups excluding carboxylic acids is 2.